The van der Waals surface area contributed by atoms with Gasteiger partial charge in [0.05, 0.1) is 0 Å². The zero-order chi connectivity index (χ0) is 17.1. The maximum Gasteiger partial charge on any atom is 0.314 e. The Morgan fingerprint density at radius 3 is 2.92 bits per heavy atom. The molecular formula is C17H21ClN4O2. The third-order valence-corrected chi connectivity index (χ3v) is 4.64. The molecular weight excluding hydrogens is 328 g/mol. The van der Waals surface area contributed by atoms with Gasteiger partial charge in [-0.1, -0.05) is 11.6 Å². The monoisotopic (exact) mass is 348 g/mol. The minimum Gasteiger partial charge on any atom is -0.352 e. The average molecular weight is 349 g/mol. The summed E-state index contributed by atoms with van der Waals surface area (Å²) in [7, 11) is 0. The van der Waals surface area contributed by atoms with E-state index in [0.29, 0.717) is 19.5 Å². The van der Waals surface area contributed by atoms with Crippen molar-refractivity contribution in [3.63, 3.8) is 0 Å². The highest BCUT2D eigenvalue weighted by Crippen LogP contribution is 2.20. The number of fused-ring (bicyclic) bond motifs is 1. The van der Waals surface area contributed by atoms with Crippen molar-refractivity contribution >= 4 is 34.4 Å². The number of nitrogens with two attached hydrogens (primary N) is 1. The van der Waals surface area contributed by atoms with Gasteiger partial charge < -0.3 is 20.5 Å². The minimum atomic E-state index is -0.425. The number of carbonyl (C=O) groups excluding carboxylic acids is 2. The van der Waals surface area contributed by atoms with Crippen LogP contribution in [-0.4, -0.2) is 40.5 Å². The smallest absolute Gasteiger partial charge is 0.314 e. The maximum atomic E-state index is 12.0. The SMILES string of the molecule is NC(=O)N1CC[C@@H](NC(=O)CCCn2ccc3cc(Cl)ccc32)C1. The number of hydrogen-bond donors (Lipinski definition) is 2. The van der Waals surface area contributed by atoms with Crippen molar-refractivity contribution in [1.29, 1.82) is 0 Å². The largest absolute Gasteiger partial charge is 0.352 e. The van der Waals surface area contributed by atoms with Gasteiger partial charge in [-0.05, 0) is 37.1 Å². The number of rotatable bonds is 5. The van der Waals surface area contributed by atoms with Crippen molar-refractivity contribution in [2.75, 3.05) is 13.1 Å². The van der Waals surface area contributed by atoms with Gasteiger partial charge in [-0.3, -0.25) is 4.79 Å². The second-order valence-electron chi connectivity index (χ2n) is 6.15. The molecule has 0 aliphatic carbocycles. The molecule has 1 atom stereocenters. The number of carbonyl (C=O) groups is 2. The molecule has 2 heterocycles. The first kappa shape index (κ1) is 16.6. The summed E-state index contributed by atoms with van der Waals surface area (Å²) in [6.45, 7) is 1.89. The molecule has 24 heavy (non-hydrogen) atoms. The highest BCUT2D eigenvalue weighted by atomic mass is 35.5. The zero-order valence-electron chi connectivity index (χ0n) is 13.4. The van der Waals surface area contributed by atoms with E-state index < -0.39 is 6.03 Å². The standard InChI is InChI=1S/C17H21ClN4O2/c18-13-3-4-15-12(10-13)5-8-21(15)7-1-2-16(23)20-14-6-9-22(11-14)17(19)24/h3-5,8,10,14H,1-2,6-7,9,11H2,(H2,19,24)(H,20,23)/t14-/m1/s1. The van der Waals surface area contributed by atoms with Gasteiger partial charge in [-0.25, -0.2) is 4.79 Å². The van der Waals surface area contributed by atoms with Gasteiger partial charge in [0.2, 0.25) is 5.91 Å². The zero-order valence-corrected chi connectivity index (χ0v) is 14.1. The number of halogens is 1. The lowest BCUT2D eigenvalue weighted by Gasteiger charge is -2.14. The number of benzene rings is 1. The minimum absolute atomic E-state index is 0.0135. The fraction of sp³-hybridized carbons (Fsp3) is 0.412. The Hall–Kier alpha value is -2.21. The van der Waals surface area contributed by atoms with Gasteiger partial charge >= 0.3 is 6.03 Å². The molecule has 3 N–H and O–H groups in total. The highest BCUT2D eigenvalue weighted by molar-refractivity contribution is 6.31. The van der Waals surface area contributed by atoms with Crippen LogP contribution in [0.15, 0.2) is 30.5 Å². The molecule has 2 aromatic rings. The van der Waals surface area contributed by atoms with Crippen LogP contribution in [0.4, 0.5) is 4.79 Å². The second-order valence-corrected chi connectivity index (χ2v) is 6.59. The summed E-state index contributed by atoms with van der Waals surface area (Å²) in [4.78, 5) is 24.7. The molecule has 1 fully saturated rings. The molecule has 1 aliphatic heterocycles. The van der Waals surface area contributed by atoms with Gasteiger partial charge in [-0.15, -0.1) is 0 Å². The molecule has 0 bridgehead atoms. The van der Waals surface area contributed by atoms with Gasteiger partial charge in [0, 0.05) is 54.2 Å². The molecule has 0 spiro atoms. The summed E-state index contributed by atoms with van der Waals surface area (Å²) in [5.74, 6) is 0.0193. The number of primary amides is 1. The molecule has 0 saturated carbocycles. The first-order valence-corrected chi connectivity index (χ1v) is 8.49. The predicted molar refractivity (Wildman–Crippen MR) is 93.9 cm³/mol. The molecule has 1 aromatic carbocycles. The first-order chi connectivity index (χ1) is 11.5. The number of hydrogen-bond acceptors (Lipinski definition) is 2. The number of nitrogens with zero attached hydrogens (tertiary/aromatic N) is 2. The number of amides is 3. The molecule has 6 nitrogen and oxygen atoms in total. The van der Waals surface area contributed by atoms with E-state index in [2.05, 4.69) is 9.88 Å². The summed E-state index contributed by atoms with van der Waals surface area (Å²) in [6.07, 6.45) is 3.99. The number of aromatic nitrogens is 1. The summed E-state index contributed by atoms with van der Waals surface area (Å²) in [6, 6.07) is 7.42. The molecule has 1 aromatic heterocycles. The van der Waals surface area contributed by atoms with Gasteiger partial charge in [0.15, 0.2) is 0 Å². The topological polar surface area (TPSA) is 80.4 Å². The summed E-state index contributed by atoms with van der Waals surface area (Å²) < 4.78 is 2.13. The Morgan fingerprint density at radius 2 is 2.17 bits per heavy atom. The number of urea groups is 1. The Morgan fingerprint density at radius 1 is 1.33 bits per heavy atom. The molecule has 128 valence electrons. The van der Waals surface area contributed by atoms with Crippen molar-refractivity contribution < 1.29 is 9.59 Å². The fourth-order valence-electron chi connectivity index (χ4n) is 3.15. The number of likely N-dealkylation sites (tertiary alicyclic amines) is 1. The molecule has 3 amide bonds. The van der Waals surface area contributed by atoms with E-state index in [-0.39, 0.29) is 11.9 Å². The van der Waals surface area contributed by atoms with E-state index in [0.717, 1.165) is 35.3 Å². The average Bonchev–Trinajstić information content (AvgIpc) is 3.14. The lowest BCUT2D eigenvalue weighted by Crippen LogP contribution is -2.40. The van der Waals surface area contributed by atoms with Crippen molar-refractivity contribution in [1.82, 2.24) is 14.8 Å². The summed E-state index contributed by atoms with van der Waals surface area (Å²) >= 11 is 5.99. The third-order valence-electron chi connectivity index (χ3n) is 4.40. The van der Waals surface area contributed by atoms with E-state index in [9.17, 15) is 9.59 Å². The maximum absolute atomic E-state index is 12.0. The van der Waals surface area contributed by atoms with Crippen LogP contribution in [0.1, 0.15) is 19.3 Å². The van der Waals surface area contributed by atoms with Crippen molar-refractivity contribution in [2.24, 2.45) is 5.73 Å². The molecule has 0 unspecified atom stereocenters. The van der Waals surface area contributed by atoms with E-state index in [4.69, 9.17) is 17.3 Å². The van der Waals surface area contributed by atoms with E-state index in [1.807, 2.05) is 30.5 Å². The van der Waals surface area contributed by atoms with Crippen LogP contribution in [0.3, 0.4) is 0 Å². The van der Waals surface area contributed by atoms with E-state index in [1.165, 1.54) is 0 Å². The molecule has 1 saturated heterocycles. The Balaban J connectivity index is 1.46. The highest BCUT2D eigenvalue weighted by Gasteiger charge is 2.25. The summed E-state index contributed by atoms with van der Waals surface area (Å²) in [5.41, 5.74) is 6.36. The molecule has 3 rings (SSSR count). The Kier molecular flexibility index (Phi) is 4.94. The lowest BCUT2D eigenvalue weighted by molar-refractivity contribution is -0.121. The van der Waals surface area contributed by atoms with Gasteiger partial charge in [-0.2, -0.15) is 0 Å². The molecule has 1 aliphatic rings. The summed E-state index contributed by atoms with van der Waals surface area (Å²) in [5, 5.41) is 4.80. The van der Waals surface area contributed by atoms with Crippen LogP contribution in [0.2, 0.25) is 5.02 Å². The van der Waals surface area contributed by atoms with Crippen molar-refractivity contribution in [3.05, 3.63) is 35.5 Å². The van der Waals surface area contributed by atoms with Gasteiger partial charge in [0.25, 0.3) is 0 Å². The van der Waals surface area contributed by atoms with Crippen LogP contribution in [0.25, 0.3) is 10.9 Å². The van der Waals surface area contributed by atoms with Crippen molar-refractivity contribution in [2.45, 2.75) is 31.8 Å². The number of aryl methyl sites for hydroxylation is 1. The van der Waals surface area contributed by atoms with E-state index in [1.54, 1.807) is 4.90 Å². The Bertz CT molecular complexity index is 758. The first-order valence-electron chi connectivity index (χ1n) is 8.11. The predicted octanol–water partition coefficient (Wildman–Crippen LogP) is 2.34. The van der Waals surface area contributed by atoms with Crippen LogP contribution in [-0.2, 0) is 11.3 Å². The normalized spacial score (nSPS) is 17.4. The Labute approximate surface area is 145 Å². The third kappa shape index (κ3) is 3.82. The van der Waals surface area contributed by atoms with Crippen LogP contribution >= 0.6 is 11.6 Å². The molecule has 7 heteroatoms. The molecule has 0 radical (unpaired) electrons. The fourth-order valence-corrected chi connectivity index (χ4v) is 3.33. The van der Waals surface area contributed by atoms with Crippen LogP contribution < -0.4 is 11.1 Å². The number of nitrogens with one attached hydrogen (secondary N) is 1. The van der Waals surface area contributed by atoms with Gasteiger partial charge in [0.1, 0.15) is 0 Å². The lowest BCUT2D eigenvalue weighted by atomic mass is 10.2. The van der Waals surface area contributed by atoms with Crippen molar-refractivity contribution in [3.8, 4) is 0 Å². The van der Waals surface area contributed by atoms with Crippen LogP contribution in [0.5, 0.6) is 0 Å². The van der Waals surface area contributed by atoms with Crippen LogP contribution in [0, 0.1) is 0 Å². The second kappa shape index (κ2) is 7.13. The quantitative estimate of drug-likeness (QED) is 0.869. The van der Waals surface area contributed by atoms with E-state index >= 15 is 0 Å².